The van der Waals surface area contributed by atoms with E-state index in [-0.39, 0.29) is 24.6 Å². The number of hydrogen-bond acceptors (Lipinski definition) is 4. The highest BCUT2D eigenvalue weighted by Crippen LogP contribution is 2.15. The number of aromatic hydroxyl groups is 1. The van der Waals surface area contributed by atoms with E-state index in [0.717, 1.165) is 0 Å². The maximum atomic E-state index is 13.3. The topological polar surface area (TPSA) is 87.7 Å². The van der Waals surface area contributed by atoms with Gasteiger partial charge in [0.2, 0.25) is 5.91 Å². The highest BCUT2D eigenvalue weighted by Gasteiger charge is 2.08. The number of ether oxygens (including phenoxy) is 1. The molecular weight excluding hydrogens is 334 g/mol. The lowest BCUT2D eigenvalue weighted by atomic mass is 10.3. The number of carbonyl (C=O) groups is 2. The van der Waals surface area contributed by atoms with Gasteiger partial charge < -0.3 is 20.5 Å². The molecule has 134 valence electrons. The second kappa shape index (κ2) is 10.6. The van der Waals surface area contributed by atoms with Crippen molar-refractivity contribution in [2.45, 2.75) is 0 Å². The third kappa shape index (κ3) is 7.30. The van der Waals surface area contributed by atoms with E-state index < -0.39 is 17.6 Å². The van der Waals surface area contributed by atoms with Crippen LogP contribution in [-0.2, 0) is 9.59 Å². The molecule has 0 spiro atoms. The number of benzene rings is 2. The van der Waals surface area contributed by atoms with Crippen molar-refractivity contribution in [3.63, 3.8) is 0 Å². The van der Waals surface area contributed by atoms with Crippen molar-refractivity contribution in [1.82, 2.24) is 5.32 Å². The summed E-state index contributed by atoms with van der Waals surface area (Å²) in [5.41, 5.74) is 0.0482. The van der Waals surface area contributed by atoms with Crippen molar-refractivity contribution < 1.29 is 28.2 Å². The molecule has 0 fully saturated rings. The molecule has 3 N–H and O–H groups in total. The Morgan fingerprint density at radius 3 is 2.32 bits per heavy atom. The molecule has 0 aliphatic heterocycles. The van der Waals surface area contributed by atoms with Crippen LogP contribution in [0.1, 0.15) is 0 Å². The molecule has 0 aliphatic carbocycles. The van der Waals surface area contributed by atoms with Gasteiger partial charge >= 0.3 is 0 Å². The van der Waals surface area contributed by atoms with Gasteiger partial charge in [-0.1, -0.05) is 12.1 Å². The first kappa shape index (κ1) is 19.9. The average molecular weight is 352 g/mol. The fraction of sp³-hybridized carbons (Fsp3) is 0.176. The van der Waals surface area contributed by atoms with Gasteiger partial charge in [-0.3, -0.25) is 14.0 Å². The summed E-state index contributed by atoms with van der Waals surface area (Å²) in [6, 6.07) is 11.6. The van der Waals surface area contributed by atoms with E-state index in [0.29, 0.717) is 12.9 Å². The van der Waals surface area contributed by atoms with Gasteiger partial charge in [-0.05, 0) is 36.4 Å². The monoisotopic (exact) mass is 352 g/mol. The summed E-state index contributed by atoms with van der Waals surface area (Å²) >= 11 is 0. The molecule has 2 amide bonds. The van der Waals surface area contributed by atoms with Crippen LogP contribution in [0.4, 0.5) is 14.5 Å². The van der Waals surface area contributed by atoms with Crippen LogP contribution in [-0.4, -0.2) is 37.3 Å². The Kier molecular flexibility index (Phi) is 8.42. The van der Waals surface area contributed by atoms with Crippen molar-refractivity contribution in [1.29, 1.82) is 0 Å². The molecule has 0 unspecified atom stereocenters. The Labute approximate surface area is 143 Å². The number of halogens is 2. The Morgan fingerprint density at radius 1 is 1.04 bits per heavy atom. The van der Waals surface area contributed by atoms with Crippen molar-refractivity contribution in [3.8, 4) is 11.5 Å². The first-order valence-electron chi connectivity index (χ1n) is 7.15. The maximum Gasteiger partial charge on any atom is 0.258 e. The molecule has 2 aromatic rings. The summed E-state index contributed by atoms with van der Waals surface area (Å²) in [6.07, 6.45) is 0. The number of nitrogens with one attached hydrogen (secondary N) is 2. The van der Waals surface area contributed by atoms with Crippen molar-refractivity contribution in [2.24, 2.45) is 0 Å². The van der Waals surface area contributed by atoms with Crippen molar-refractivity contribution >= 4 is 17.5 Å². The second-order valence-electron chi connectivity index (χ2n) is 4.59. The first-order valence-corrected chi connectivity index (χ1v) is 7.15. The average Bonchev–Trinajstić information content (AvgIpc) is 2.63. The van der Waals surface area contributed by atoms with Gasteiger partial charge in [0, 0.05) is 0 Å². The highest BCUT2D eigenvalue weighted by molar-refractivity contribution is 5.94. The Hall–Kier alpha value is -3.16. The normalized spacial score (nSPS) is 9.40. The molecule has 0 heterocycles. The van der Waals surface area contributed by atoms with E-state index in [1.165, 1.54) is 42.5 Å². The van der Waals surface area contributed by atoms with Crippen LogP contribution in [0, 0.1) is 5.82 Å². The summed E-state index contributed by atoms with van der Waals surface area (Å²) in [5.74, 6) is -1.10. The summed E-state index contributed by atoms with van der Waals surface area (Å²) < 4.78 is 28.0. The van der Waals surface area contributed by atoms with E-state index in [2.05, 4.69) is 10.6 Å². The van der Waals surface area contributed by atoms with Crippen LogP contribution in [0.5, 0.6) is 11.5 Å². The number of rotatable bonds is 6. The maximum absolute atomic E-state index is 13.3. The predicted octanol–water partition coefficient (Wildman–Crippen LogP) is 2.25. The standard InChI is InChI=1S/C16H15FN2O4.CH3F/c17-13-3-1-2-4-14(13)19-15(21)9-18-16(22)10-23-12-7-5-11(20)6-8-12;1-2/h1-8,20H,9-10H2,(H,18,22)(H,19,21);1H3. The number of alkyl halides is 1. The lowest BCUT2D eigenvalue weighted by molar-refractivity contribution is -0.125. The molecule has 0 radical (unpaired) electrons. The van der Waals surface area contributed by atoms with Gasteiger partial charge in [0.05, 0.1) is 19.4 Å². The quantitative estimate of drug-likeness (QED) is 0.744. The van der Waals surface area contributed by atoms with E-state index >= 15 is 0 Å². The smallest absolute Gasteiger partial charge is 0.258 e. The fourth-order valence-corrected chi connectivity index (χ4v) is 1.68. The summed E-state index contributed by atoms with van der Waals surface area (Å²) in [6.45, 7) is -0.580. The van der Waals surface area contributed by atoms with Crippen molar-refractivity contribution in [2.75, 3.05) is 25.6 Å². The molecule has 6 nitrogen and oxygen atoms in total. The predicted molar refractivity (Wildman–Crippen MR) is 88.7 cm³/mol. The lowest BCUT2D eigenvalue weighted by Gasteiger charge is -2.08. The zero-order valence-corrected chi connectivity index (χ0v) is 13.5. The van der Waals surface area contributed by atoms with Gasteiger partial charge in [-0.2, -0.15) is 0 Å². The summed E-state index contributed by atoms with van der Waals surface area (Å²) in [4.78, 5) is 23.2. The van der Waals surface area contributed by atoms with E-state index in [1.54, 1.807) is 6.07 Å². The van der Waals surface area contributed by atoms with Crippen LogP contribution >= 0.6 is 0 Å². The number of amides is 2. The van der Waals surface area contributed by atoms with E-state index in [9.17, 15) is 18.4 Å². The van der Waals surface area contributed by atoms with E-state index in [4.69, 9.17) is 9.84 Å². The van der Waals surface area contributed by atoms with Gasteiger partial charge in [-0.15, -0.1) is 0 Å². The molecule has 0 aromatic heterocycles. The van der Waals surface area contributed by atoms with Gasteiger partial charge in [-0.25, -0.2) is 4.39 Å². The van der Waals surface area contributed by atoms with Crippen LogP contribution in [0.15, 0.2) is 48.5 Å². The van der Waals surface area contributed by atoms with Gasteiger partial charge in [0.1, 0.15) is 17.3 Å². The number of carbonyl (C=O) groups excluding carboxylic acids is 2. The molecule has 0 saturated heterocycles. The molecule has 25 heavy (non-hydrogen) atoms. The Balaban J connectivity index is 0.00000151. The zero-order valence-electron chi connectivity index (χ0n) is 13.5. The molecule has 2 rings (SSSR count). The van der Waals surface area contributed by atoms with E-state index in [1.807, 2.05) is 0 Å². The third-order valence-electron chi connectivity index (χ3n) is 2.80. The number of para-hydroxylation sites is 1. The SMILES string of the molecule is CF.O=C(COc1ccc(O)cc1)NCC(=O)Nc1ccccc1F. The minimum absolute atomic E-state index is 0.0482. The molecule has 8 heteroatoms. The molecule has 2 aromatic carbocycles. The minimum Gasteiger partial charge on any atom is -0.508 e. The highest BCUT2D eigenvalue weighted by atomic mass is 19.1. The van der Waals surface area contributed by atoms with Crippen LogP contribution in [0.25, 0.3) is 0 Å². The number of anilines is 1. The van der Waals surface area contributed by atoms with Crippen molar-refractivity contribution in [3.05, 3.63) is 54.3 Å². The first-order chi connectivity index (χ1) is 12.0. The second-order valence-corrected chi connectivity index (χ2v) is 4.59. The molecule has 0 atom stereocenters. The summed E-state index contributed by atoms with van der Waals surface area (Å²) in [5, 5.41) is 13.8. The number of phenols is 1. The Morgan fingerprint density at radius 2 is 1.68 bits per heavy atom. The van der Waals surface area contributed by atoms with Crippen LogP contribution < -0.4 is 15.4 Å². The third-order valence-corrected chi connectivity index (χ3v) is 2.80. The van der Waals surface area contributed by atoms with Crippen LogP contribution in [0.2, 0.25) is 0 Å². The molecule has 0 bridgehead atoms. The summed E-state index contributed by atoms with van der Waals surface area (Å²) in [7, 11) is 0.500. The largest absolute Gasteiger partial charge is 0.508 e. The van der Waals surface area contributed by atoms with Gasteiger partial charge in [0.25, 0.3) is 5.91 Å². The number of hydrogen-bond donors (Lipinski definition) is 3. The lowest BCUT2D eigenvalue weighted by Crippen LogP contribution is -2.35. The molecule has 0 aliphatic rings. The van der Waals surface area contributed by atoms with Crippen LogP contribution in [0.3, 0.4) is 0 Å². The minimum atomic E-state index is -0.553. The zero-order chi connectivity index (χ0) is 18.7. The number of phenolic OH excluding ortho intramolecular Hbond substituents is 1. The molecule has 0 saturated carbocycles. The fourth-order valence-electron chi connectivity index (χ4n) is 1.68. The Bertz CT molecular complexity index is 693. The van der Waals surface area contributed by atoms with Gasteiger partial charge in [0.15, 0.2) is 6.61 Å². The molecular formula is C17H18F2N2O4.